The van der Waals surface area contributed by atoms with Gasteiger partial charge in [0.05, 0.1) is 12.5 Å². The van der Waals surface area contributed by atoms with Gasteiger partial charge in [0.2, 0.25) is 0 Å². The number of carbonyl (C=O) groups excluding carboxylic acids is 1. The fourth-order valence-electron chi connectivity index (χ4n) is 3.05. The number of hydrogen-bond donors (Lipinski definition) is 2. The van der Waals surface area contributed by atoms with Crippen molar-refractivity contribution in [3.05, 3.63) is 59.7 Å². The van der Waals surface area contributed by atoms with Gasteiger partial charge in [0.15, 0.2) is 0 Å². The molecule has 5 nitrogen and oxygen atoms in total. The third kappa shape index (κ3) is 4.83. The minimum Gasteiger partial charge on any atom is -0.490 e. The minimum absolute atomic E-state index is 0.0750. The van der Waals surface area contributed by atoms with Gasteiger partial charge in [0.25, 0.3) is 5.91 Å². The number of rotatable bonds is 6. The lowest BCUT2D eigenvalue weighted by atomic mass is 10.1. The summed E-state index contributed by atoms with van der Waals surface area (Å²) in [6.07, 6.45) is 4.68. The molecule has 0 spiro atoms. The van der Waals surface area contributed by atoms with E-state index in [-0.39, 0.29) is 18.4 Å². The first kappa shape index (κ1) is 17.0. The molecule has 0 saturated heterocycles. The fourth-order valence-corrected chi connectivity index (χ4v) is 3.05. The van der Waals surface area contributed by atoms with Gasteiger partial charge in [-0.25, -0.2) is 0 Å². The Bertz CT molecular complexity index is 766. The van der Waals surface area contributed by atoms with Gasteiger partial charge in [-0.15, -0.1) is 0 Å². The monoisotopic (exact) mass is 339 g/mol. The van der Waals surface area contributed by atoms with Crippen molar-refractivity contribution in [2.75, 3.05) is 5.32 Å². The zero-order chi connectivity index (χ0) is 17.6. The number of hydrogen-bond acceptors (Lipinski definition) is 3. The predicted molar refractivity (Wildman–Crippen MR) is 95.1 cm³/mol. The Kier molecular flexibility index (Phi) is 5.33. The molecule has 0 atom stereocenters. The molecule has 0 aliphatic heterocycles. The van der Waals surface area contributed by atoms with Crippen molar-refractivity contribution in [3.8, 4) is 5.75 Å². The lowest BCUT2D eigenvalue weighted by Crippen LogP contribution is -2.14. The molecule has 0 heterocycles. The number of carboxylic acid groups (broad SMARTS) is 1. The molecule has 25 heavy (non-hydrogen) atoms. The molecular weight excluding hydrogens is 318 g/mol. The Balaban J connectivity index is 1.67. The zero-order valence-electron chi connectivity index (χ0n) is 13.9. The lowest BCUT2D eigenvalue weighted by Gasteiger charge is -2.14. The van der Waals surface area contributed by atoms with E-state index in [1.54, 1.807) is 42.5 Å². The van der Waals surface area contributed by atoms with Crippen molar-refractivity contribution in [2.45, 2.75) is 38.2 Å². The van der Waals surface area contributed by atoms with Crippen molar-refractivity contribution < 1.29 is 19.4 Å². The highest BCUT2D eigenvalue weighted by molar-refractivity contribution is 6.04. The summed E-state index contributed by atoms with van der Waals surface area (Å²) < 4.78 is 5.93. The number of ether oxygens (including phenoxy) is 1. The molecule has 1 amide bonds. The SMILES string of the molecule is O=C(O)Cc1cccc(NC(=O)c2cccc(OC3CCCC3)c2)c1. The number of aliphatic carboxylic acids is 1. The zero-order valence-corrected chi connectivity index (χ0v) is 13.9. The van der Waals surface area contributed by atoms with Crippen molar-refractivity contribution in [1.29, 1.82) is 0 Å². The summed E-state index contributed by atoms with van der Waals surface area (Å²) in [6, 6.07) is 14.0. The van der Waals surface area contributed by atoms with Crippen LogP contribution >= 0.6 is 0 Å². The summed E-state index contributed by atoms with van der Waals surface area (Å²) in [6.45, 7) is 0. The van der Waals surface area contributed by atoms with Crippen LogP contribution in [0.2, 0.25) is 0 Å². The topological polar surface area (TPSA) is 75.6 Å². The molecule has 2 N–H and O–H groups in total. The van der Waals surface area contributed by atoms with Crippen LogP contribution in [0.5, 0.6) is 5.75 Å². The number of carbonyl (C=O) groups is 2. The second-order valence-corrected chi connectivity index (χ2v) is 6.28. The molecule has 2 aromatic rings. The quantitative estimate of drug-likeness (QED) is 0.837. The summed E-state index contributed by atoms with van der Waals surface area (Å²) >= 11 is 0. The van der Waals surface area contributed by atoms with Gasteiger partial charge in [-0.05, 0) is 61.6 Å². The van der Waals surface area contributed by atoms with E-state index >= 15 is 0 Å². The van der Waals surface area contributed by atoms with Crippen LogP contribution in [0.4, 0.5) is 5.69 Å². The average molecular weight is 339 g/mol. The van der Waals surface area contributed by atoms with Crippen LogP contribution < -0.4 is 10.1 Å². The Morgan fingerprint density at radius 3 is 2.60 bits per heavy atom. The third-order valence-corrected chi connectivity index (χ3v) is 4.24. The van der Waals surface area contributed by atoms with E-state index in [0.29, 0.717) is 22.6 Å². The molecule has 1 fully saturated rings. The van der Waals surface area contributed by atoms with Crippen molar-refractivity contribution in [2.24, 2.45) is 0 Å². The molecule has 0 aromatic heterocycles. The molecule has 5 heteroatoms. The smallest absolute Gasteiger partial charge is 0.307 e. The van der Waals surface area contributed by atoms with E-state index in [2.05, 4.69) is 5.32 Å². The van der Waals surface area contributed by atoms with Gasteiger partial charge in [-0.2, -0.15) is 0 Å². The van der Waals surface area contributed by atoms with Gasteiger partial charge in [0, 0.05) is 11.3 Å². The van der Waals surface area contributed by atoms with Crippen LogP contribution in [0, 0.1) is 0 Å². The number of benzene rings is 2. The van der Waals surface area contributed by atoms with Crippen LogP contribution in [-0.4, -0.2) is 23.1 Å². The molecule has 0 bridgehead atoms. The molecule has 0 radical (unpaired) electrons. The van der Waals surface area contributed by atoms with Crippen molar-refractivity contribution in [1.82, 2.24) is 0 Å². The first-order chi connectivity index (χ1) is 12.1. The summed E-state index contributed by atoms with van der Waals surface area (Å²) in [5.74, 6) is -0.441. The second-order valence-electron chi connectivity index (χ2n) is 6.28. The summed E-state index contributed by atoms with van der Waals surface area (Å²) in [5.41, 5.74) is 1.73. The third-order valence-electron chi connectivity index (χ3n) is 4.24. The van der Waals surface area contributed by atoms with E-state index in [0.717, 1.165) is 12.8 Å². The van der Waals surface area contributed by atoms with Crippen LogP contribution in [0.15, 0.2) is 48.5 Å². The predicted octanol–water partition coefficient (Wildman–Crippen LogP) is 3.89. The van der Waals surface area contributed by atoms with E-state index in [1.165, 1.54) is 12.8 Å². The number of amides is 1. The standard InChI is InChI=1S/C20H21NO4/c22-19(23)12-14-5-3-7-16(11-14)21-20(24)15-6-4-10-18(13-15)25-17-8-1-2-9-17/h3-7,10-11,13,17H,1-2,8-9,12H2,(H,21,24)(H,22,23). The minimum atomic E-state index is -0.903. The molecule has 1 aliphatic carbocycles. The number of carboxylic acids is 1. The molecule has 1 aliphatic rings. The molecule has 0 unspecified atom stereocenters. The van der Waals surface area contributed by atoms with Gasteiger partial charge in [0.1, 0.15) is 5.75 Å². The number of anilines is 1. The van der Waals surface area contributed by atoms with E-state index < -0.39 is 5.97 Å². The second kappa shape index (κ2) is 7.83. The van der Waals surface area contributed by atoms with Gasteiger partial charge in [-0.1, -0.05) is 18.2 Å². The van der Waals surface area contributed by atoms with E-state index in [9.17, 15) is 9.59 Å². The maximum Gasteiger partial charge on any atom is 0.307 e. The van der Waals surface area contributed by atoms with Crippen LogP contribution in [-0.2, 0) is 11.2 Å². The Labute approximate surface area is 146 Å². The summed E-state index contributed by atoms with van der Waals surface area (Å²) in [5, 5.41) is 11.7. The Hall–Kier alpha value is -2.82. The normalized spacial score (nSPS) is 14.2. The number of nitrogens with one attached hydrogen (secondary N) is 1. The maximum atomic E-state index is 12.5. The largest absolute Gasteiger partial charge is 0.490 e. The average Bonchev–Trinajstić information content (AvgIpc) is 3.08. The summed E-state index contributed by atoms with van der Waals surface area (Å²) in [4.78, 5) is 23.3. The lowest BCUT2D eigenvalue weighted by molar-refractivity contribution is -0.136. The highest BCUT2D eigenvalue weighted by Crippen LogP contribution is 2.25. The Morgan fingerprint density at radius 2 is 1.84 bits per heavy atom. The molecule has 3 rings (SSSR count). The van der Waals surface area contributed by atoms with Gasteiger partial charge >= 0.3 is 5.97 Å². The van der Waals surface area contributed by atoms with Crippen LogP contribution in [0.25, 0.3) is 0 Å². The first-order valence-corrected chi connectivity index (χ1v) is 8.49. The van der Waals surface area contributed by atoms with Crippen molar-refractivity contribution in [3.63, 3.8) is 0 Å². The van der Waals surface area contributed by atoms with Gasteiger partial charge < -0.3 is 15.2 Å². The van der Waals surface area contributed by atoms with Crippen molar-refractivity contribution >= 4 is 17.6 Å². The molecular formula is C20H21NO4. The highest BCUT2D eigenvalue weighted by Gasteiger charge is 2.17. The van der Waals surface area contributed by atoms with E-state index in [1.807, 2.05) is 6.07 Å². The van der Waals surface area contributed by atoms with Gasteiger partial charge in [-0.3, -0.25) is 9.59 Å². The molecule has 130 valence electrons. The van der Waals surface area contributed by atoms with Crippen LogP contribution in [0.1, 0.15) is 41.6 Å². The van der Waals surface area contributed by atoms with E-state index in [4.69, 9.17) is 9.84 Å². The van der Waals surface area contributed by atoms with Crippen LogP contribution in [0.3, 0.4) is 0 Å². The summed E-state index contributed by atoms with van der Waals surface area (Å²) in [7, 11) is 0. The molecule has 2 aromatic carbocycles. The highest BCUT2D eigenvalue weighted by atomic mass is 16.5. The maximum absolute atomic E-state index is 12.5. The fraction of sp³-hybridized carbons (Fsp3) is 0.300. The Morgan fingerprint density at radius 1 is 1.08 bits per heavy atom. The first-order valence-electron chi connectivity index (χ1n) is 8.49. The molecule has 1 saturated carbocycles.